The van der Waals surface area contributed by atoms with Crippen LogP contribution >= 0.6 is 0 Å². The first kappa shape index (κ1) is 19.4. The van der Waals surface area contributed by atoms with Gasteiger partial charge in [-0.1, -0.05) is 30.3 Å². The smallest absolute Gasteiger partial charge is 0.417 e. The van der Waals surface area contributed by atoms with Crippen molar-refractivity contribution in [2.45, 2.75) is 19.4 Å². The molecule has 160 valence electrons. The molecule has 2 aliphatic heterocycles. The average Bonchev–Trinajstić information content (AvgIpc) is 3.15. The van der Waals surface area contributed by atoms with Crippen LogP contribution in [0, 0.1) is 5.41 Å². The summed E-state index contributed by atoms with van der Waals surface area (Å²) < 4.78 is 10.5. The van der Waals surface area contributed by atoms with Crippen LogP contribution in [0.4, 0.5) is 4.79 Å². The van der Waals surface area contributed by atoms with Crippen LogP contribution in [0.25, 0.3) is 11.1 Å². The summed E-state index contributed by atoms with van der Waals surface area (Å²) in [6.07, 6.45) is 1.42. The van der Waals surface area contributed by atoms with Gasteiger partial charge in [0.05, 0.1) is 5.52 Å². The topological polar surface area (TPSA) is 95.9 Å². The summed E-state index contributed by atoms with van der Waals surface area (Å²) in [5.74, 6) is -0.599. The van der Waals surface area contributed by atoms with E-state index in [1.807, 2.05) is 35.2 Å². The molecule has 2 saturated heterocycles. The minimum Gasteiger partial charge on any atom is -0.445 e. The maximum atomic E-state index is 12.8. The van der Waals surface area contributed by atoms with Crippen molar-refractivity contribution in [2.75, 3.05) is 26.2 Å². The van der Waals surface area contributed by atoms with Gasteiger partial charge in [0.1, 0.15) is 6.61 Å². The molecule has 2 amide bonds. The second-order valence-corrected chi connectivity index (χ2v) is 8.41. The lowest BCUT2D eigenvalue weighted by Gasteiger charge is -2.53. The van der Waals surface area contributed by atoms with Crippen molar-refractivity contribution < 1.29 is 18.7 Å². The van der Waals surface area contributed by atoms with Crippen molar-refractivity contribution in [3.63, 3.8) is 0 Å². The lowest BCUT2D eigenvalue weighted by Crippen LogP contribution is -2.62. The van der Waals surface area contributed by atoms with Gasteiger partial charge in [0.15, 0.2) is 5.58 Å². The van der Waals surface area contributed by atoms with Crippen molar-refractivity contribution in [3.05, 3.63) is 70.2 Å². The second kappa shape index (κ2) is 7.61. The van der Waals surface area contributed by atoms with E-state index in [1.165, 1.54) is 0 Å². The van der Waals surface area contributed by atoms with Gasteiger partial charge in [-0.3, -0.25) is 9.78 Å². The highest BCUT2D eigenvalue weighted by Gasteiger charge is 2.47. The number of ether oxygens (including phenoxy) is 1. The monoisotopic (exact) mass is 421 g/mol. The van der Waals surface area contributed by atoms with E-state index in [9.17, 15) is 14.4 Å². The van der Waals surface area contributed by atoms with E-state index in [0.717, 1.165) is 18.4 Å². The molecule has 2 aromatic carbocycles. The van der Waals surface area contributed by atoms with Gasteiger partial charge in [-0.25, -0.2) is 9.59 Å². The molecule has 0 unspecified atom stereocenters. The van der Waals surface area contributed by atoms with E-state index in [2.05, 4.69) is 4.98 Å². The zero-order valence-electron chi connectivity index (χ0n) is 17.0. The highest BCUT2D eigenvalue weighted by molar-refractivity contribution is 5.97. The molecule has 1 spiro atoms. The quantitative estimate of drug-likeness (QED) is 0.701. The number of aromatic nitrogens is 1. The largest absolute Gasteiger partial charge is 0.445 e. The van der Waals surface area contributed by atoms with Crippen LogP contribution in [0.15, 0.2) is 57.7 Å². The molecule has 2 aliphatic rings. The summed E-state index contributed by atoms with van der Waals surface area (Å²) in [6.45, 7) is 2.89. The highest BCUT2D eigenvalue weighted by atomic mass is 16.6. The van der Waals surface area contributed by atoms with E-state index in [4.69, 9.17) is 9.15 Å². The minimum absolute atomic E-state index is 0.0661. The summed E-state index contributed by atoms with van der Waals surface area (Å²) >= 11 is 0. The summed E-state index contributed by atoms with van der Waals surface area (Å²) in [7, 11) is 0. The number of nitrogens with one attached hydrogen (secondary N) is 1. The molecule has 1 aromatic heterocycles. The third-order valence-corrected chi connectivity index (χ3v) is 6.30. The van der Waals surface area contributed by atoms with E-state index < -0.39 is 5.76 Å². The Morgan fingerprint density at radius 3 is 2.52 bits per heavy atom. The van der Waals surface area contributed by atoms with Crippen molar-refractivity contribution in [1.82, 2.24) is 14.8 Å². The first-order valence-electron chi connectivity index (χ1n) is 10.4. The van der Waals surface area contributed by atoms with E-state index >= 15 is 0 Å². The maximum Gasteiger partial charge on any atom is 0.417 e. The molecular formula is C23H23N3O5. The third kappa shape index (κ3) is 3.81. The number of hydrogen-bond donors (Lipinski definition) is 1. The predicted molar refractivity (Wildman–Crippen MR) is 113 cm³/mol. The minimum atomic E-state index is -0.531. The van der Waals surface area contributed by atoms with E-state index in [0.29, 0.717) is 42.8 Å². The van der Waals surface area contributed by atoms with Crippen LogP contribution in [-0.4, -0.2) is 53.0 Å². The lowest BCUT2D eigenvalue weighted by molar-refractivity contribution is -0.0319. The first-order chi connectivity index (χ1) is 15.0. The summed E-state index contributed by atoms with van der Waals surface area (Å²) in [4.78, 5) is 42.6. The zero-order valence-corrected chi connectivity index (χ0v) is 17.0. The summed E-state index contributed by atoms with van der Waals surface area (Å²) in [5.41, 5.74) is 2.50. The van der Waals surface area contributed by atoms with Gasteiger partial charge >= 0.3 is 11.8 Å². The third-order valence-electron chi connectivity index (χ3n) is 6.30. The number of H-pyrrole nitrogens is 1. The molecule has 8 heteroatoms. The van der Waals surface area contributed by atoms with Crippen molar-refractivity contribution in [3.8, 4) is 0 Å². The Hall–Kier alpha value is -3.55. The molecular weight excluding hydrogens is 398 g/mol. The molecule has 0 radical (unpaired) electrons. The van der Waals surface area contributed by atoms with Crippen LogP contribution < -0.4 is 5.76 Å². The van der Waals surface area contributed by atoms with Gasteiger partial charge in [-0.15, -0.1) is 0 Å². The van der Waals surface area contributed by atoms with Gasteiger partial charge in [-0.05, 0) is 36.6 Å². The standard InChI is InChI=1S/C23H23N3O5/c27-20(17-6-7-18-19(12-17)31-21(28)24-18)26-14-23(15-26)8-10-25(11-9-23)22(29)30-13-16-4-2-1-3-5-16/h1-7,12H,8-11,13-15H2,(H,24,28). The Morgan fingerprint density at radius 1 is 1.03 bits per heavy atom. The molecule has 3 aromatic rings. The van der Waals surface area contributed by atoms with Crippen LogP contribution in [0.5, 0.6) is 0 Å². The number of amides is 2. The molecule has 0 aliphatic carbocycles. The van der Waals surface area contributed by atoms with Crippen LogP contribution in [0.3, 0.4) is 0 Å². The first-order valence-corrected chi connectivity index (χ1v) is 10.4. The lowest BCUT2D eigenvalue weighted by atomic mass is 9.72. The number of piperidine rings is 1. The summed E-state index contributed by atoms with van der Waals surface area (Å²) in [6, 6.07) is 14.6. The second-order valence-electron chi connectivity index (χ2n) is 8.41. The number of hydrogen-bond acceptors (Lipinski definition) is 5. The van der Waals surface area contributed by atoms with E-state index in [1.54, 1.807) is 23.1 Å². The van der Waals surface area contributed by atoms with Crippen LogP contribution in [0.2, 0.25) is 0 Å². The molecule has 0 saturated carbocycles. The summed E-state index contributed by atoms with van der Waals surface area (Å²) in [5, 5.41) is 0. The van der Waals surface area contributed by atoms with Gasteiger partial charge in [-0.2, -0.15) is 0 Å². The Bertz CT molecular complexity index is 1170. The number of likely N-dealkylation sites (tertiary alicyclic amines) is 2. The van der Waals surface area contributed by atoms with Gasteiger partial charge in [0.2, 0.25) is 0 Å². The number of benzene rings is 2. The molecule has 31 heavy (non-hydrogen) atoms. The number of fused-ring (bicyclic) bond motifs is 1. The number of carbonyl (C=O) groups is 2. The number of carbonyl (C=O) groups excluding carboxylic acids is 2. The zero-order chi connectivity index (χ0) is 21.4. The molecule has 3 heterocycles. The fraction of sp³-hybridized carbons (Fsp3) is 0.348. The van der Waals surface area contributed by atoms with Gasteiger partial charge in [0, 0.05) is 37.2 Å². The van der Waals surface area contributed by atoms with Gasteiger partial charge < -0.3 is 19.0 Å². The van der Waals surface area contributed by atoms with E-state index in [-0.39, 0.29) is 24.0 Å². The van der Waals surface area contributed by atoms with Gasteiger partial charge in [0.25, 0.3) is 5.91 Å². The van der Waals surface area contributed by atoms with Crippen LogP contribution in [0.1, 0.15) is 28.8 Å². The Labute approximate surface area is 178 Å². The molecule has 8 nitrogen and oxygen atoms in total. The Balaban J connectivity index is 1.13. The maximum absolute atomic E-state index is 12.8. The van der Waals surface area contributed by atoms with Crippen LogP contribution in [-0.2, 0) is 11.3 Å². The fourth-order valence-corrected chi connectivity index (χ4v) is 4.46. The normalized spacial score (nSPS) is 17.5. The molecule has 0 atom stereocenters. The van der Waals surface area contributed by atoms with Crippen molar-refractivity contribution >= 4 is 23.1 Å². The molecule has 2 fully saturated rings. The number of aromatic amines is 1. The molecule has 0 bridgehead atoms. The molecule has 1 N–H and O–H groups in total. The SMILES string of the molecule is O=C(OCc1ccccc1)N1CCC2(CC1)CN(C(=O)c1ccc3[nH]c(=O)oc3c1)C2. The number of rotatable bonds is 3. The predicted octanol–water partition coefficient (Wildman–Crippen LogP) is 3.00. The molecule has 5 rings (SSSR count). The average molecular weight is 421 g/mol. The van der Waals surface area contributed by atoms with Crippen molar-refractivity contribution in [1.29, 1.82) is 0 Å². The fourth-order valence-electron chi connectivity index (χ4n) is 4.46. The number of nitrogens with zero attached hydrogens (tertiary/aromatic N) is 2. The number of oxazole rings is 1. The van der Waals surface area contributed by atoms with Crippen molar-refractivity contribution in [2.24, 2.45) is 5.41 Å². The highest BCUT2D eigenvalue weighted by Crippen LogP contribution is 2.41. The Kier molecular flexibility index (Phi) is 4.77. The Morgan fingerprint density at radius 2 is 1.77 bits per heavy atom.